The van der Waals surface area contributed by atoms with E-state index in [1.165, 1.54) is 25.7 Å². The minimum absolute atomic E-state index is 0.269. The van der Waals surface area contributed by atoms with Crippen LogP contribution in [0, 0.1) is 0 Å². The van der Waals surface area contributed by atoms with E-state index in [0.29, 0.717) is 13.1 Å². The molecule has 0 aromatic carbocycles. The van der Waals surface area contributed by atoms with Crippen LogP contribution in [0.2, 0.25) is 0 Å². The van der Waals surface area contributed by atoms with Crippen LogP contribution in [0.5, 0.6) is 0 Å². The minimum Gasteiger partial charge on any atom is -0.392 e. The van der Waals surface area contributed by atoms with E-state index in [1.54, 1.807) is 0 Å². The third-order valence-electron chi connectivity index (χ3n) is 6.04. The van der Waals surface area contributed by atoms with E-state index in [-0.39, 0.29) is 12.2 Å². The Hall–Kier alpha value is -1.24. The summed E-state index contributed by atoms with van der Waals surface area (Å²) in [6.07, 6.45) is 29.9. The van der Waals surface area contributed by atoms with Crippen LogP contribution in [0.25, 0.3) is 0 Å². The number of aliphatic hydroxyl groups is 2. The van der Waals surface area contributed by atoms with Gasteiger partial charge in [-0.2, -0.15) is 0 Å². The highest BCUT2D eigenvalue weighted by molar-refractivity contribution is 4.93. The maximum atomic E-state index is 10.1. The molecule has 2 unspecified atom stereocenters. The molecule has 0 radical (unpaired) electrons. The first-order valence-corrected chi connectivity index (χ1v) is 14.7. The SMILES string of the molecule is CCC/C=C\C/C=C\CCCC(O)CNCCN(C)CCNCC(O)CCC/C=C\C/C=C\CCC. The summed E-state index contributed by atoms with van der Waals surface area (Å²) >= 11 is 0. The Morgan fingerprint density at radius 3 is 1.39 bits per heavy atom. The molecule has 0 spiro atoms. The summed E-state index contributed by atoms with van der Waals surface area (Å²) in [6.45, 7) is 9.36. The van der Waals surface area contributed by atoms with E-state index in [4.69, 9.17) is 0 Å². The van der Waals surface area contributed by atoms with Crippen LogP contribution in [-0.2, 0) is 0 Å². The molecule has 0 aromatic heterocycles. The standard InChI is InChI=1S/C31H59N3O2/c1-4-6-8-10-12-14-16-18-20-22-30(35)28-32-24-26-34(3)27-25-33-29-31(36)23-21-19-17-15-13-11-9-7-5-2/h8-11,14-17,30-33,35-36H,4-7,12-13,18-29H2,1-3H3/b10-8-,11-9-,16-14-,17-15-. The van der Waals surface area contributed by atoms with Gasteiger partial charge in [-0.25, -0.2) is 0 Å². The van der Waals surface area contributed by atoms with Crippen LogP contribution in [0.15, 0.2) is 48.6 Å². The second kappa shape index (κ2) is 28.3. The third-order valence-corrected chi connectivity index (χ3v) is 6.04. The van der Waals surface area contributed by atoms with Crippen molar-refractivity contribution in [3.05, 3.63) is 48.6 Å². The Morgan fingerprint density at radius 2 is 1.00 bits per heavy atom. The van der Waals surface area contributed by atoms with E-state index in [9.17, 15) is 10.2 Å². The van der Waals surface area contributed by atoms with Crippen LogP contribution in [0.3, 0.4) is 0 Å². The molecular weight excluding hydrogens is 446 g/mol. The molecule has 0 heterocycles. The fourth-order valence-corrected chi connectivity index (χ4v) is 3.68. The number of rotatable bonds is 26. The maximum Gasteiger partial charge on any atom is 0.0664 e. The Bertz CT molecular complexity index is 512. The molecule has 0 bridgehead atoms. The summed E-state index contributed by atoms with van der Waals surface area (Å²) in [5.74, 6) is 0. The lowest BCUT2D eigenvalue weighted by Crippen LogP contribution is -2.38. The number of unbranched alkanes of at least 4 members (excludes halogenated alkanes) is 4. The molecule has 0 saturated carbocycles. The number of likely N-dealkylation sites (N-methyl/N-ethyl adjacent to an activating group) is 1. The van der Waals surface area contributed by atoms with Crippen molar-refractivity contribution in [2.75, 3.05) is 46.3 Å². The first-order chi connectivity index (χ1) is 17.6. The van der Waals surface area contributed by atoms with Gasteiger partial charge >= 0.3 is 0 Å². The summed E-state index contributed by atoms with van der Waals surface area (Å²) < 4.78 is 0. The zero-order valence-corrected chi connectivity index (χ0v) is 23.8. The first-order valence-electron chi connectivity index (χ1n) is 14.7. The van der Waals surface area contributed by atoms with E-state index >= 15 is 0 Å². The number of allylic oxidation sites excluding steroid dienone is 8. The van der Waals surface area contributed by atoms with Crippen molar-refractivity contribution in [2.24, 2.45) is 0 Å². The number of nitrogens with zero attached hydrogens (tertiary/aromatic N) is 1. The summed E-state index contributed by atoms with van der Waals surface area (Å²) in [7, 11) is 2.11. The van der Waals surface area contributed by atoms with Gasteiger partial charge < -0.3 is 25.7 Å². The predicted octanol–water partition coefficient (Wildman–Crippen LogP) is 5.77. The smallest absolute Gasteiger partial charge is 0.0664 e. The Balaban J connectivity index is 3.52. The molecule has 0 rings (SSSR count). The molecule has 0 aliphatic heterocycles. The fraction of sp³-hybridized carbons (Fsp3) is 0.742. The fourth-order valence-electron chi connectivity index (χ4n) is 3.68. The molecule has 5 nitrogen and oxygen atoms in total. The van der Waals surface area contributed by atoms with Gasteiger partial charge in [0.1, 0.15) is 0 Å². The predicted molar refractivity (Wildman–Crippen MR) is 159 cm³/mol. The minimum atomic E-state index is -0.269. The Kier molecular flexibility index (Phi) is 27.4. The Labute approximate surface area is 223 Å². The lowest BCUT2D eigenvalue weighted by Gasteiger charge is -2.19. The molecule has 4 N–H and O–H groups in total. The number of hydrogen-bond donors (Lipinski definition) is 4. The molecular formula is C31H59N3O2. The van der Waals surface area contributed by atoms with E-state index in [0.717, 1.165) is 77.5 Å². The quantitative estimate of drug-likeness (QED) is 0.0888. The molecule has 0 fully saturated rings. The van der Waals surface area contributed by atoms with Gasteiger partial charge in [-0.3, -0.25) is 0 Å². The second-order valence-corrected chi connectivity index (χ2v) is 9.82. The van der Waals surface area contributed by atoms with Crippen molar-refractivity contribution in [2.45, 2.75) is 103 Å². The average Bonchev–Trinajstić information content (AvgIpc) is 2.87. The Morgan fingerprint density at radius 1 is 0.611 bits per heavy atom. The monoisotopic (exact) mass is 505 g/mol. The molecule has 210 valence electrons. The molecule has 0 saturated heterocycles. The molecule has 36 heavy (non-hydrogen) atoms. The molecule has 0 amide bonds. The average molecular weight is 506 g/mol. The van der Waals surface area contributed by atoms with Gasteiger partial charge in [0, 0.05) is 39.3 Å². The van der Waals surface area contributed by atoms with E-state index in [2.05, 4.69) is 85.0 Å². The second-order valence-electron chi connectivity index (χ2n) is 9.82. The van der Waals surface area contributed by atoms with Crippen LogP contribution in [0.1, 0.15) is 90.9 Å². The van der Waals surface area contributed by atoms with Gasteiger partial charge in [-0.15, -0.1) is 0 Å². The topological polar surface area (TPSA) is 67.8 Å². The zero-order valence-electron chi connectivity index (χ0n) is 23.8. The van der Waals surface area contributed by atoms with Crippen LogP contribution in [-0.4, -0.2) is 73.6 Å². The number of hydrogen-bond acceptors (Lipinski definition) is 5. The molecule has 0 aromatic rings. The lowest BCUT2D eigenvalue weighted by molar-refractivity contribution is 0.156. The van der Waals surface area contributed by atoms with Gasteiger partial charge in [0.2, 0.25) is 0 Å². The van der Waals surface area contributed by atoms with Crippen molar-refractivity contribution >= 4 is 0 Å². The maximum absolute atomic E-state index is 10.1. The van der Waals surface area contributed by atoms with Gasteiger partial charge in [0.05, 0.1) is 12.2 Å². The molecule has 2 atom stereocenters. The zero-order chi connectivity index (χ0) is 26.5. The van der Waals surface area contributed by atoms with Crippen molar-refractivity contribution < 1.29 is 10.2 Å². The van der Waals surface area contributed by atoms with Gasteiger partial charge in [0.15, 0.2) is 0 Å². The summed E-state index contributed by atoms with van der Waals surface area (Å²) in [4.78, 5) is 2.28. The molecule has 5 heteroatoms. The van der Waals surface area contributed by atoms with Gasteiger partial charge in [-0.05, 0) is 71.3 Å². The highest BCUT2D eigenvalue weighted by Gasteiger charge is 2.05. The lowest BCUT2D eigenvalue weighted by atomic mass is 10.1. The van der Waals surface area contributed by atoms with Gasteiger partial charge in [-0.1, -0.05) is 75.3 Å². The van der Waals surface area contributed by atoms with Crippen molar-refractivity contribution in [1.29, 1.82) is 0 Å². The van der Waals surface area contributed by atoms with Crippen molar-refractivity contribution in [3.63, 3.8) is 0 Å². The van der Waals surface area contributed by atoms with Crippen molar-refractivity contribution in [3.8, 4) is 0 Å². The normalized spacial score (nSPS) is 14.4. The van der Waals surface area contributed by atoms with Crippen LogP contribution >= 0.6 is 0 Å². The summed E-state index contributed by atoms with van der Waals surface area (Å²) in [6, 6.07) is 0. The number of nitrogens with one attached hydrogen (secondary N) is 2. The summed E-state index contributed by atoms with van der Waals surface area (Å²) in [5, 5.41) is 27.0. The molecule has 0 aliphatic carbocycles. The first kappa shape index (κ1) is 34.8. The third kappa shape index (κ3) is 27.3. The largest absolute Gasteiger partial charge is 0.392 e. The van der Waals surface area contributed by atoms with Gasteiger partial charge in [0.25, 0.3) is 0 Å². The molecule has 0 aliphatic rings. The highest BCUT2D eigenvalue weighted by atomic mass is 16.3. The van der Waals surface area contributed by atoms with Crippen LogP contribution < -0.4 is 10.6 Å². The van der Waals surface area contributed by atoms with Crippen LogP contribution in [0.4, 0.5) is 0 Å². The summed E-state index contributed by atoms with van der Waals surface area (Å²) in [5.41, 5.74) is 0. The van der Waals surface area contributed by atoms with E-state index in [1.807, 2.05) is 0 Å². The van der Waals surface area contributed by atoms with Crippen molar-refractivity contribution in [1.82, 2.24) is 15.5 Å². The number of aliphatic hydroxyl groups excluding tert-OH is 2. The highest BCUT2D eigenvalue weighted by Crippen LogP contribution is 2.03. The van der Waals surface area contributed by atoms with E-state index < -0.39 is 0 Å².